The lowest BCUT2D eigenvalue weighted by molar-refractivity contribution is -0.274. The zero-order valence-electron chi connectivity index (χ0n) is 20.0. The highest BCUT2D eigenvalue weighted by atomic mass is 19.4. The summed E-state index contributed by atoms with van der Waals surface area (Å²) >= 11 is 0. The van der Waals surface area contributed by atoms with Crippen LogP contribution in [0.15, 0.2) is 52.2 Å². The van der Waals surface area contributed by atoms with E-state index in [-0.39, 0.29) is 23.5 Å². The highest BCUT2D eigenvalue weighted by molar-refractivity contribution is 5.60. The van der Waals surface area contributed by atoms with Gasteiger partial charge in [0.05, 0.1) is 11.3 Å². The number of pyridine rings is 1. The number of nitrogens with one attached hydrogen (secondary N) is 1. The average Bonchev–Trinajstić information content (AvgIpc) is 2.77. The Bertz CT molecular complexity index is 1370. The molecule has 0 aliphatic carbocycles. The van der Waals surface area contributed by atoms with Crippen LogP contribution in [0.1, 0.15) is 25.0 Å². The molecule has 4 rings (SSSR count). The van der Waals surface area contributed by atoms with E-state index in [0.717, 1.165) is 16.8 Å². The number of alkyl halides is 3. The van der Waals surface area contributed by atoms with Gasteiger partial charge in [-0.1, -0.05) is 0 Å². The first-order valence-corrected chi connectivity index (χ1v) is 11.2. The van der Waals surface area contributed by atoms with Crippen molar-refractivity contribution in [2.75, 3.05) is 18.4 Å². The molecule has 3 aromatic rings. The van der Waals surface area contributed by atoms with E-state index in [1.165, 1.54) is 16.7 Å². The van der Waals surface area contributed by atoms with Crippen LogP contribution in [-0.4, -0.2) is 49.4 Å². The standard InChI is InChI=1S/C24H26F3N5O4/c1-23(2,35)14-31-12-10-17-18(13-31)21(33)32(15-6-8-16(9-7-15)36-24(25,26)27)29-20(17)28-19-5-4-11-30(3)22(19)34/h4-9,11,35H,10,12-14H2,1-3H3,(H,28,29). The zero-order valence-corrected chi connectivity index (χ0v) is 20.0. The van der Waals surface area contributed by atoms with Crippen molar-refractivity contribution < 1.29 is 23.0 Å². The highest BCUT2D eigenvalue weighted by Gasteiger charge is 2.31. The Morgan fingerprint density at radius 1 is 1.08 bits per heavy atom. The second-order valence-electron chi connectivity index (χ2n) is 9.30. The van der Waals surface area contributed by atoms with E-state index in [1.54, 1.807) is 39.2 Å². The molecule has 2 N–H and O–H groups in total. The predicted octanol–water partition coefficient (Wildman–Crippen LogP) is 2.70. The maximum absolute atomic E-state index is 13.5. The smallest absolute Gasteiger partial charge is 0.406 e. The van der Waals surface area contributed by atoms with Crippen molar-refractivity contribution in [3.8, 4) is 11.4 Å². The Kier molecular flexibility index (Phi) is 6.67. The molecule has 9 nitrogen and oxygen atoms in total. The SMILES string of the molecule is Cn1cccc(Nc2nn(-c3ccc(OC(F)(F)F)cc3)c(=O)c3c2CCN(CC(C)(C)O)C3)c1=O. The van der Waals surface area contributed by atoms with E-state index in [1.807, 2.05) is 4.90 Å². The molecule has 192 valence electrons. The molecule has 1 aromatic carbocycles. The number of halogens is 3. The van der Waals surface area contributed by atoms with Gasteiger partial charge in [0.15, 0.2) is 5.82 Å². The van der Waals surface area contributed by atoms with Gasteiger partial charge in [0.25, 0.3) is 11.1 Å². The van der Waals surface area contributed by atoms with Crippen LogP contribution in [0.5, 0.6) is 5.75 Å². The Morgan fingerprint density at radius 2 is 1.78 bits per heavy atom. The lowest BCUT2D eigenvalue weighted by Gasteiger charge is -2.33. The first-order chi connectivity index (χ1) is 16.8. The minimum atomic E-state index is -4.84. The van der Waals surface area contributed by atoms with Crippen LogP contribution in [0, 0.1) is 0 Å². The number of anilines is 2. The quantitative estimate of drug-likeness (QED) is 0.531. The van der Waals surface area contributed by atoms with Crippen LogP contribution in [0.4, 0.5) is 24.7 Å². The Balaban J connectivity index is 1.80. The second-order valence-corrected chi connectivity index (χ2v) is 9.30. The van der Waals surface area contributed by atoms with Crippen molar-refractivity contribution in [3.63, 3.8) is 0 Å². The molecule has 0 saturated carbocycles. The Hall–Kier alpha value is -3.64. The lowest BCUT2D eigenvalue weighted by atomic mass is 9.99. The van der Waals surface area contributed by atoms with E-state index in [9.17, 15) is 27.9 Å². The van der Waals surface area contributed by atoms with Crippen molar-refractivity contribution in [2.45, 2.75) is 38.8 Å². The van der Waals surface area contributed by atoms with Gasteiger partial charge in [0.1, 0.15) is 11.4 Å². The van der Waals surface area contributed by atoms with Crippen LogP contribution in [-0.2, 0) is 20.0 Å². The third kappa shape index (κ3) is 5.77. The minimum absolute atomic E-state index is 0.223. The number of ether oxygens (including phenoxy) is 1. The van der Waals surface area contributed by atoms with Gasteiger partial charge in [-0.05, 0) is 56.7 Å². The molecule has 1 aliphatic heterocycles. The molecule has 1 aliphatic rings. The molecule has 3 heterocycles. The van der Waals surface area contributed by atoms with Gasteiger partial charge in [-0.2, -0.15) is 4.68 Å². The molecule has 0 atom stereocenters. The van der Waals surface area contributed by atoms with Gasteiger partial charge in [0, 0.05) is 44.0 Å². The maximum atomic E-state index is 13.5. The van der Waals surface area contributed by atoms with Crippen molar-refractivity contribution in [2.24, 2.45) is 7.05 Å². The first kappa shape index (κ1) is 25.5. The summed E-state index contributed by atoms with van der Waals surface area (Å²) in [5, 5.41) is 17.7. The van der Waals surface area contributed by atoms with Gasteiger partial charge in [-0.3, -0.25) is 14.5 Å². The summed E-state index contributed by atoms with van der Waals surface area (Å²) in [4.78, 5) is 28.0. The largest absolute Gasteiger partial charge is 0.573 e. The fourth-order valence-electron chi connectivity index (χ4n) is 4.18. The van der Waals surface area contributed by atoms with Gasteiger partial charge in [-0.15, -0.1) is 18.3 Å². The van der Waals surface area contributed by atoms with Gasteiger partial charge in [0.2, 0.25) is 0 Å². The van der Waals surface area contributed by atoms with E-state index in [2.05, 4.69) is 15.2 Å². The molecule has 0 amide bonds. The molecule has 12 heteroatoms. The molecule has 0 bridgehead atoms. The first-order valence-electron chi connectivity index (χ1n) is 11.2. The maximum Gasteiger partial charge on any atom is 0.573 e. The van der Waals surface area contributed by atoms with Crippen LogP contribution >= 0.6 is 0 Å². The summed E-state index contributed by atoms with van der Waals surface area (Å²) in [5.41, 5.74) is -0.165. The number of benzene rings is 1. The summed E-state index contributed by atoms with van der Waals surface area (Å²) < 4.78 is 44.0. The number of β-amino-alcohol motifs (C(OH)–C–C–N with tert-alkyl or cyclic N) is 1. The Labute approximate surface area is 204 Å². The van der Waals surface area contributed by atoms with E-state index in [0.29, 0.717) is 36.5 Å². The number of hydrogen-bond acceptors (Lipinski definition) is 7. The van der Waals surface area contributed by atoms with E-state index >= 15 is 0 Å². The third-order valence-corrected chi connectivity index (χ3v) is 5.66. The fraction of sp³-hybridized carbons (Fsp3) is 0.375. The Morgan fingerprint density at radius 3 is 2.42 bits per heavy atom. The number of rotatable bonds is 6. The molecule has 0 fully saturated rings. The number of aliphatic hydroxyl groups is 1. The van der Waals surface area contributed by atoms with Crippen molar-refractivity contribution in [3.05, 3.63) is 74.4 Å². The highest BCUT2D eigenvalue weighted by Crippen LogP contribution is 2.27. The minimum Gasteiger partial charge on any atom is -0.406 e. The van der Waals surface area contributed by atoms with Gasteiger partial charge >= 0.3 is 6.36 Å². The van der Waals surface area contributed by atoms with E-state index < -0.39 is 23.3 Å². The lowest BCUT2D eigenvalue weighted by Crippen LogP contribution is -2.44. The monoisotopic (exact) mass is 505 g/mol. The van der Waals surface area contributed by atoms with Crippen LogP contribution in [0.3, 0.4) is 0 Å². The summed E-state index contributed by atoms with van der Waals surface area (Å²) in [6.07, 6.45) is -2.79. The molecule has 2 aromatic heterocycles. The molecule has 0 saturated heterocycles. The fourth-order valence-corrected chi connectivity index (χ4v) is 4.18. The van der Waals surface area contributed by atoms with Gasteiger partial charge in [-0.25, -0.2) is 0 Å². The average molecular weight is 505 g/mol. The molecular formula is C24H26F3N5O4. The topological polar surface area (TPSA) is 102 Å². The normalized spacial score (nSPS) is 14.4. The van der Waals surface area contributed by atoms with Gasteiger partial charge < -0.3 is 19.7 Å². The molecular weight excluding hydrogens is 479 g/mol. The van der Waals surface area contributed by atoms with Crippen molar-refractivity contribution >= 4 is 11.5 Å². The summed E-state index contributed by atoms with van der Waals surface area (Å²) in [6, 6.07) is 8.07. The van der Waals surface area contributed by atoms with Crippen LogP contribution in [0.25, 0.3) is 5.69 Å². The molecule has 0 unspecified atom stereocenters. The summed E-state index contributed by atoms with van der Waals surface area (Å²) in [7, 11) is 1.61. The molecule has 36 heavy (non-hydrogen) atoms. The number of hydrogen-bond donors (Lipinski definition) is 2. The van der Waals surface area contributed by atoms with Crippen molar-refractivity contribution in [1.29, 1.82) is 0 Å². The number of fused-ring (bicyclic) bond motifs is 1. The summed E-state index contributed by atoms with van der Waals surface area (Å²) in [5.74, 6) is -0.133. The molecule has 0 spiro atoms. The van der Waals surface area contributed by atoms with E-state index in [4.69, 9.17) is 0 Å². The second kappa shape index (κ2) is 9.43. The zero-order chi connectivity index (χ0) is 26.3. The number of aromatic nitrogens is 3. The number of aryl methyl sites for hydroxylation is 1. The van der Waals surface area contributed by atoms with Crippen LogP contribution < -0.4 is 21.2 Å². The predicted molar refractivity (Wildman–Crippen MR) is 127 cm³/mol. The van der Waals surface area contributed by atoms with Crippen LogP contribution in [0.2, 0.25) is 0 Å². The summed E-state index contributed by atoms with van der Waals surface area (Å²) in [6.45, 7) is 4.48. The number of nitrogens with zero attached hydrogens (tertiary/aromatic N) is 4. The third-order valence-electron chi connectivity index (χ3n) is 5.66. The molecule has 0 radical (unpaired) electrons. The van der Waals surface area contributed by atoms with Crippen molar-refractivity contribution in [1.82, 2.24) is 19.2 Å².